The molecule has 0 saturated carbocycles. The predicted octanol–water partition coefficient (Wildman–Crippen LogP) is 2.69. The molecule has 0 unspecified atom stereocenters. The van der Waals surface area contributed by atoms with Crippen LogP contribution in [-0.2, 0) is 11.3 Å². The van der Waals surface area contributed by atoms with Crippen molar-refractivity contribution in [2.24, 2.45) is 0 Å². The van der Waals surface area contributed by atoms with Gasteiger partial charge in [-0.1, -0.05) is 18.2 Å². The van der Waals surface area contributed by atoms with Crippen LogP contribution in [-0.4, -0.2) is 11.7 Å². The zero-order valence-electron chi connectivity index (χ0n) is 11.4. The first-order valence-corrected chi connectivity index (χ1v) is 6.06. The van der Waals surface area contributed by atoms with Gasteiger partial charge in [0.15, 0.2) is 0 Å². The van der Waals surface area contributed by atoms with Crippen LogP contribution in [0.2, 0.25) is 0 Å². The Morgan fingerprint density at radius 3 is 2.58 bits per heavy atom. The Bertz CT molecular complexity index is 650. The maximum atomic E-state index is 9.19. The highest BCUT2D eigenvalue weighted by Gasteiger charge is 2.17. The number of hydrogen-bond acceptors (Lipinski definition) is 3. The maximum Gasteiger partial charge on any atom is 0.126 e. The van der Waals surface area contributed by atoms with E-state index < -0.39 is 0 Å². The van der Waals surface area contributed by atoms with E-state index in [1.165, 1.54) is 0 Å². The van der Waals surface area contributed by atoms with Crippen LogP contribution in [0.1, 0.15) is 22.4 Å². The molecule has 1 aromatic carbocycles. The van der Waals surface area contributed by atoms with Crippen molar-refractivity contribution < 1.29 is 4.74 Å². The third kappa shape index (κ3) is 2.09. The number of nitriles is 1. The van der Waals surface area contributed by atoms with Gasteiger partial charge in [0.25, 0.3) is 0 Å². The van der Waals surface area contributed by atoms with Crippen LogP contribution in [0.3, 0.4) is 0 Å². The molecule has 0 aliphatic rings. The van der Waals surface area contributed by atoms with Crippen molar-refractivity contribution in [3.63, 3.8) is 0 Å². The van der Waals surface area contributed by atoms with Crippen molar-refractivity contribution in [3.8, 4) is 11.8 Å². The molecule has 2 aromatic rings. The van der Waals surface area contributed by atoms with Crippen molar-refractivity contribution in [1.29, 1.82) is 5.26 Å². The molecule has 0 saturated heterocycles. The number of rotatable bonds is 3. The number of aromatic nitrogens is 1. The molecule has 2 rings (SSSR count). The minimum absolute atomic E-state index is 0.487. The normalized spacial score (nSPS) is 10.4. The van der Waals surface area contributed by atoms with Gasteiger partial charge in [-0.15, -0.1) is 0 Å². The summed E-state index contributed by atoms with van der Waals surface area (Å²) < 4.78 is 7.13. The largest absolute Gasteiger partial charge is 0.384 e. The van der Waals surface area contributed by atoms with Crippen molar-refractivity contribution in [2.45, 2.75) is 20.5 Å². The van der Waals surface area contributed by atoms with Gasteiger partial charge in [-0.05, 0) is 25.5 Å². The Hall–Kier alpha value is -2.25. The standard InChI is InChI=1S/C15H17N3O/c1-10-11(2)18(15(17)13(10)8-16)14-7-5-4-6-12(14)9-19-3/h4-7H,9,17H2,1-3H3. The van der Waals surface area contributed by atoms with E-state index in [1.807, 2.05) is 42.7 Å². The molecule has 0 bridgehead atoms. The number of nitrogens with zero attached hydrogens (tertiary/aromatic N) is 2. The summed E-state index contributed by atoms with van der Waals surface area (Å²) in [5, 5.41) is 9.19. The van der Waals surface area contributed by atoms with Gasteiger partial charge in [-0.2, -0.15) is 5.26 Å². The topological polar surface area (TPSA) is 64.0 Å². The van der Waals surface area contributed by atoms with Crippen molar-refractivity contribution in [2.75, 3.05) is 12.8 Å². The summed E-state index contributed by atoms with van der Waals surface area (Å²) >= 11 is 0. The van der Waals surface area contributed by atoms with E-state index >= 15 is 0 Å². The van der Waals surface area contributed by atoms with Crippen LogP contribution in [0, 0.1) is 25.2 Å². The molecule has 19 heavy (non-hydrogen) atoms. The molecule has 0 spiro atoms. The van der Waals surface area contributed by atoms with Gasteiger partial charge in [0.1, 0.15) is 11.9 Å². The number of nitrogen functional groups attached to an aromatic ring is 1. The van der Waals surface area contributed by atoms with Gasteiger partial charge < -0.3 is 10.5 Å². The van der Waals surface area contributed by atoms with Gasteiger partial charge in [0, 0.05) is 18.4 Å². The Morgan fingerprint density at radius 1 is 1.32 bits per heavy atom. The molecule has 0 aliphatic carbocycles. The van der Waals surface area contributed by atoms with Crippen LogP contribution in [0.25, 0.3) is 5.69 Å². The minimum Gasteiger partial charge on any atom is -0.384 e. The van der Waals surface area contributed by atoms with Crippen molar-refractivity contribution in [3.05, 3.63) is 46.6 Å². The number of benzene rings is 1. The van der Waals surface area contributed by atoms with E-state index in [9.17, 15) is 5.26 Å². The zero-order chi connectivity index (χ0) is 14.0. The lowest BCUT2D eigenvalue weighted by atomic mass is 10.1. The lowest BCUT2D eigenvalue weighted by molar-refractivity contribution is 0.185. The Morgan fingerprint density at radius 2 is 2.00 bits per heavy atom. The Labute approximate surface area is 113 Å². The molecule has 0 radical (unpaired) electrons. The first kappa shape index (κ1) is 13.2. The average Bonchev–Trinajstić information content (AvgIpc) is 2.62. The third-order valence-corrected chi connectivity index (χ3v) is 3.39. The second-order valence-corrected chi connectivity index (χ2v) is 4.48. The Balaban J connectivity index is 2.70. The van der Waals surface area contributed by atoms with E-state index in [-0.39, 0.29) is 0 Å². The fraction of sp³-hybridized carbons (Fsp3) is 0.267. The van der Waals surface area contributed by atoms with Gasteiger partial charge in [-0.3, -0.25) is 4.57 Å². The fourth-order valence-corrected chi connectivity index (χ4v) is 2.29. The van der Waals surface area contributed by atoms with Gasteiger partial charge in [-0.25, -0.2) is 0 Å². The van der Waals surface area contributed by atoms with Crippen LogP contribution < -0.4 is 5.73 Å². The van der Waals surface area contributed by atoms with Crippen molar-refractivity contribution in [1.82, 2.24) is 4.57 Å². The summed E-state index contributed by atoms with van der Waals surface area (Å²) in [6.07, 6.45) is 0. The van der Waals surface area contributed by atoms with Crippen LogP contribution in [0.15, 0.2) is 24.3 Å². The number of nitrogens with two attached hydrogens (primary N) is 1. The average molecular weight is 255 g/mol. The molecule has 1 aromatic heterocycles. The van der Waals surface area contributed by atoms with Crippen molar-refractivity contribution >= 4 is 5.82 Å². The summed E-state index contributed by atoms with van der Waals surface area (Å²) in [6, 6.07) is 10.1. The fourth-order valence-electron chi connectivity index (χ4n) is 2.29. The molecule has 1 heterocycles. The minimum atomic E-state index is 0.487. The summed E-state index contributed by atoms with van der Waals surface area (Å²) in [5.74, 6) is 0.487. The first-order valence-electron chi connectivity index (χ1n) is 6.06. The molecule has 0 fully saturated rings. The van der Waals surface area contributed by atoms with E-state index in [2.05, 4.69) is 6.07 Å². The smallest absolute Gasteiger partial charge is 0.126 e. The number of anilines is 1. The summed E-state index contributed by atoms with van der Waals surface area (Å²) in [6.45, 7) is 4.39. The monoisotopic (exact) mass is 255 g/mol. The van der Waals surface area contributed by atoms with E-state index in [0.29, 0.717) is 18.0 Å². The second-order valence-electron chi connectivity index (χ2n) is 4.48. The molecular weight excluding hydrogens is 238 g/mol. The summed E-state index contributed by atoms with van der Waals surface area (Å²) in [4.78, 5) is 0. The molecule has 0 aliphatic heterocycles. The molecule has 98 valence electrons. The van der Waals surface area contributed by atoms with E-state index in [0.717, 1.165) is 22.5 Å². The van der Waals surface area contributed by atoms with Crippen LogP contribution in [0.4, 0.5) is 5.82 Å². The number of ether oxygens (including phenoxy) is 1. The zero-order valence-corrected chi connectivity index (χ0v) is 11.4. The third-order valence-electron chi connectivity index (χ3n) is 3.39. The SMILES string of the molecule is COCc1ccccc1-n1c(C)c(C)c(C#N)c1N. The predicted molar refractivity (Wildman–Crippen MR) is 75.1 cm³/mol. The van der Waals surface area contributed by atoms with Crippen LogP contribution >= 0.6 is 0 Å². The van der Waals surface area contributed by atoms with Gasteiger partial charge in [0.05, 0.1) is 17.9 Å². The lowest BCUT2D eigenvalue weighted by Gasteiger charge is -2.14. The highest BCUT2D eigenvalue weighted by Crippen LogP contribution is 2.29. The summed E-state index contributed by atoms with van der Waals surface area (Å²) in [5.41, 5.74) is 10.6. The molecule has 2 N–H and O–H groups in total. The van der Waals surface area contributed by atoms with Crippen LogP contribution in [0.5, 0.6) is 0 Å². The molecular formula is C15H17N3O. The molecule has 0 amide bonds. The molecule has 4 nitrogen and oxygen atoms in total. The highest BCUT2D eigenvalue weighted by molar-refractivity contribution is 5.63. The van der Waals surface area contributed by atoms with Gasteiger partial charge >= 0.3 is 0 Å². The second kappa shape index (κ2) is 5.17. The molecule has 0 atom stereocenters. The lowest BCUT2D eigenvalue weighted by Crippen LogP contribution is -2.06. The number of hydrogen-bond donors (Lipinski definition) is 1. The Kier molecular flexibility index (Phi) is 3.59. The quantitative estimate of drug-likeness (QED) is 0.917. The maximum absolute atomic E-state index is 9.19. The first-order chi connectivity index (χ1) is 9.11. The highest BCUT2D eigenvalue weighted by atomic mass is 16.5. The van der Waals surface area contributed by atoms with E-state index in [1.54, 1.807) is 7.11 Å². The van der Waals surface area contributed by atoms with Gasteiger partial charge in [0.2, 0.25) is 0 Å². The number of methoxy groups -OCH3 is 1. The summed E-state index contributed by atoms with van der Waals surface area (Å²) in [7, 11) is 1.66. The van der Waals surface area contributed by atoms with E-state index in [4.69, 9.17) is 10.5 Å². The number of para-hydroxylation sites is 1. The molecule has 4 heteroatoms.